The van der Waals surface area contributed by atoms with E-state index < -0.39 is 0 Å². The van der Waals surface area contributed by atoms with Gasteiger partial charge in [-0.2, -0.15) is 5.10 Å². The first-order valence-corrected chi connectivity index (χ1v) is 5.91. The summed E-state index contributed by atoms with van der Waals surface area (Å²) in [5, 5.41) is 4.11. The molecular weight excluding hydrogens is 268 g/mol. The second-order valence-electron chi connectivity index (χ2n) is 3.53. The van der Waals surface area contributed by atoms with Crippen LogP contribution in [0.5, 0.6) is 5.75 Å². The third kappa shape index (κ3) is 2.85. The Morgan fingerprint density at radius 1 is 1.44 bits per heavy atom. The van der Waals surface area contributed by atoms with Crippen LogP contribution in [-0.4, -0.2) is 16.4 Å². The predicted molar refractivity (Wildman–Crippen MR) is 66.6 cm³/mol. The minimum absolute atomic E-state index is 0.624. The van der Waals surface area contributed by atoms with E-state index in [4.69, 9.17) is 4.74 Å². The van der Waals surface area contributed by atoms with Crippen LogP contribution in [0.15, 0.2) is 41.1 Å². The van der Waals surface area contributed by atoms with Crippen LogP contribution in [0.2, 0.25) is 0 Å². The molecule has 84 valence electrons. The summed E-state index contributed by atoms with van der Waals surface area (Å²) in [5.74, 6) is 0.918. The normalized spacial score (nSPS) is 10.4. The van der Waals surface area contributed by atoms with Gasteiger partial charge in [-0.05, 0) is 30.7 Å². The number of ether oxygens (including phenoxy) is 1. The molecule has 2 aromatic rings. The third-order valence-electron chi connectivity index (χ3n) is 2.29. The van der Waals surface area contributed by atoms with Crippen molar-refractivity contribution >= 4 is 15.9 Å². The number of hydrogen-bond acceptors (Lipinski definition) is 2. The molecule has 0 amide bonds. The Kier molecular flexibility index (Phi) is 3.62. The predicted octanol–water partition coefficient (Wildman–Crippen LogP) is 3.03. The van der Waals surface area contributed by atoms with Crippen LogP contribution in [0, 0.1) is 6.92 Å². The maximum atomic E-state index is 5.70. The van der Waals surface area contributed by atoms with Crippen LogP contribution in [0.1, 0.15) is 5.56 Å². The average molecular weight is 281 g/mol. The maximum absolute atomic E-state index is 5.70. The van der Waals surface area contributed by atoms with Crippen LogP contribution in [0.4, 0.5) is 0 Å². The highest BCUT2D eigenvalue weighted by molar-refractivity contribution is 9.10. The molecule has 0 saturated carbocycles. The minimum atomic E-state index is 0.624. The first kappa shape index (κ1) is 11.2. The summed E-state index contributed by atoms with van der Waals surface area (Å²) in [7, 11) is 0. The first-order chi connectivity index (χ1) is 7.75. The van der Waals surface area contributed by atoms with Gasteiger partial charge in [-0.15, -0.1) is 0 Å². The molecule has 0 unspecified atom stereocenters. The van der Waals surface area contributed by atoms with Gasteiger partial charge in [0.1, 0.15) is 12.4 Å². The zero-order valence-electron chi connectivity index (χ0n) is 9.06. The van der Waals surface area contributed by atoms with Crippen LogP contribution in [0.3, 0.4) is 0 Å². The van der Waals surface area contributed by atoms with E-state index in [1.165, 1.54) is 0 Å². The number of aryl methyl sites for hydroxylation is 1. The molecule has 0 fully saturated rings. The lowest BCUT2D eigenvalue weighted by Gasteiger charge is -2.09. The van der Waals surface area contributed by atoms with Crippen molar-refractivity contribution in [2.75, 3.05) is 6.61 Å². The molecule has 0 radical (unpaired) electrons. The van der Waals surface area contributed by atoms with E-state index in [1.54, 1.807) is 6.20 Å². The molecule has 1 aromatic heterocycles. The first-order valence-electron chi connectivity index (χ1n) is 5.12. The van der Waals surface area contributed by atoms with Gasteiger partial charge in [0.05, 0.1) is 6.54 Å². The zero-order chi connectivity index (χ0) is 11.4. The Balaban J connectivity index is 1.92. The Morgan fingerprint density at radius 2 is 2.31 bits per heavy atom. The number of nitrogens with zero attached hydrogens (tertiary/aromatic N) is 2. The van der Waals surface area contributed by atoms with E-state index >= 15 is 0 Å². The fourth-order valence-corrected chi connectivity index (χ4v) is 1.75. The van der Waals surface area contributed by atoms with Gasteiger partial charge in [0.15, 0.2) is 0 Å². The largest absolute Gasteiger partial charge is 0.491 e. The smallest absolute Gasteiger partial charge is 0.123 e. The molecule has 0 N–H and O–H groups in total. The van der Waals surface area contributed by atoms with Crippen molar-refractivity contribution in [3.63, 3.8) is 0 Å². The van der Waals surface area contributed by atoms with Crippen molar-refractivity contribution in [3.8, 4) is 5.75 Å². The van der Waals surface area contributed by atoms with Gasteiger partial charge in [0.25, 0.3) is 0 Å². The van der Waals surface area contributed by atoms with E-state index in [-0.39, 0.29) is 0 Å². The highest BCUT2D eigenvalue weighted by Crippen LogP contribution is 2.22. The van der Waals surface area contributed by atoms with Gasteiger partial charge in [-0.3, -0.25) is 4.68 Å². The summed E-state index contributed by atoms with van der Waals surface area (Å²) in [5.41, 5.74) is 1.14. The standard InChI is InChI=1S/C12H13BrN2O/c1-10-3-4-11(13)9-12(10)16-8-7-15-6-2-5-14-15/h2-6,9H,7-8H2,1H3. The highest BCUT2D eigenvalue weighted by Gasteiger charge is 2.00. The Hall–Kier alpha value is -1.29. The highest BCUT2D eigenvalue weighted by atomic mass is 79.9. The fraction of sp³-hybridized carbons (Fsp3) is 0.250. The van der Waals surface area contributed by atoms with Gasteiger partial charge < -0.3 is 4.74 Å². The van der Waals surface area contributed by atoms with Crippen LogP contribution >= 0.6 is 15.9 Å². The Bertz CT molecular complexity index is 454. The van der Waals surface area contributed by atoms with Gasteiger partial charge in [0.2, 0.25) is 0 Å². The number of hydrogen-bond donors (Lipinski definition) is 0. The molecule has 1 aromatic carbocycles. The Morgan fingerprint density at radius 3 is 3.06 bits per heavy atom. The summed E-state index contributed by atoms with van der Waals surface area (Å²) < 4.78 is 8.59. The van der Waals surface area contributed by atoms with Gasteiger partial charge in [-0.1, -0.05) is 22.0 Å². The number of benzene rings is 1. The zero-order valence-corrected chi connectivity index (χ0v) is 10.6. The number of halogens is 1. The lowest BCUT2D eigenvalue weighted by molar-refractivity contribution is 0.289. The molecule has 2 rings (SSSR count). The fourth-order valence-electron chi connectivity index (χ4n) is 1.41. The van der Waals surface area contributed by atoms with Gasteiger partial charge in [0, 0.05) is 16.9 Å². The van der Waals surface area contributed by atoms with E-state index in [1.807, 2.05) is 42.1 Å². The van der Waals surface area contributed by atoms with E-state index in [0.717, 1.165) is 22.3 Å². The third-order valence-corrected chi connectivity index (χ3v) is 2.78. The average Bonchev–Trinajstić information content (AvgIpc) is 2.76. The molecule has 0 aliphatic carbocycles. The van der Waals surface area contributed by atoms with Crippen molar-refractivity contribution in [1.29, 1.82) is 0 Å². The molecule has 4 heteroatoms. The van der Waals surface area contributed by atoms with E-state index in [2.05, 4.69) is 21.0 Å². The summed E-state index contributed by atoms with van der Waals surface area (Å²) in [6.45, 7) is 3.42. The van der Waals surface area contributed by atoms with Crippen LogP contribution in [-0.2, 0) is 6.54 Å². The molecule has 1 heterocycles. The maximum Gasteiger partial charge on any atom is 0.123 e. The number of aromatic nitrogens is 2. The number of rotatable bonds is 4. The molecule has 3 nitrogen and oxygen atoms in total. The molecular formula is C12H13BrN2O. The monoisotopic (exact) mass is 280 g/mol. The van der Waals surface area contributed by atoms with E-state index in [0.29, 0.717) is 6.61 Å². The molecule has 0 aliphatic rings. The molecule has 0 atom stereocenters. The van der Waals surface area contributed by atoms with Crippen molar-refractivity contribution in [2.24, 2.45) is 0 Å². The van der Waals surface area contributed by atoms with Crippen molar-refractivity contribution < 1.29 is 4.74 Å². The summed E-state index contributed by atoms with van der Waals surface area (Å²) in [6, 6.07) is 7.94. The van der Waals surface area contributed by atoms with Crippen molar-refractivity contribution in [2.45, 2.75) is 13.5 Å². The van der Waals surface area contributed by atoms with Crippen LogP contribution < -0.4 is 4.74 Å². The molecule has 0 saturated heterocycles. The summed E-state index contributed by atoms with van der Waals surface area (Å²) in [4.78, 5) is 0. The molecule has 0 bridgehead atoms. The molecule has 16 heavy (non-hydrogen) atoms. The summed E-state index contributed by atoms with van der Waals surface area (Å²) in [6.07, 6.45) is 3.70. The molecule has 0 spiro atoms. The lowest BCUT2D eigenvalue weighted by atomic mass is 10.2. The molecule has 0 aliphatic heterocycles. The van der Waals surface area contributed by atoms with Gasteiger partial charge >= 0.3 is 0 Å². The van der Waals surface area contributed by atoms with E-state index in [9.17, 15) is 0 Å². The Labute approximate surface area is 103 Å². The second kappa shape index (κ2) is 5.16. The lowest BCUT2D eigenvalue weighted by Crippen LogP contribution is -2.08. The SMILES string of the molecule is Cc1ccc(Br)cc1OCCn1cccn1. The van der Waals surface area contributed by atoms with Crippen molar-refractivity contribution in [3.05, 3.63) is 46.7 Å². The second-order valence-corrected chi connectivity index (χ2v) is 4.44. The van der Waals surface area contributed by atoms with Gasteiger partial charge in [-0.25, -0.2) is 0 Å². The summed E-state index contributed by atoms with van der Waals surface area (Å²) >= 11 is 3.43. The quantitative estimate of drug-likeness (QED) is 0.861. The minimum Gasteiger partial charge on any atom is -0.491 e. The topological polar surface area (TPSA) is 27.1 Å². The van der Waals surface area contributed by atoms with Crippen molar-refractivity contribution in [1.82, 2.24) is 9.78 Å². The van der Waals surface area contributed by atoms with Crippen LogP contribution in [0.25, 0.3) is 0 Å².